The highest BCUT2D eigenvalue weighted by Crippen LogP contribution is 2.36. The molecule has 0 spiro atoms. The second-order valence-corrected chi connectivity index (χ2v) is 7.27. The quantitative estimate of drug-likeness (QED) is 0.694. The van der Waals surface area contributed by atoms with Crippen molar-refractivity contribution in [3.63, 3.8) is 0 Å². The van der Waals surface area contributed by atoms with E-state index in [1.807, 2.05) is 4.90 Å². The molecule has 0 N–H and O–H groups in total. The standard InChI is InChI=1S/C17H21F3N4O4/c1-27-15(26)3-5-22-12(17(18,19)20)2-4-23-14(25)7-13(21-16(22)23)24-8-11-6-10(24)9-28-11/h7,10-12H,2-6,8-9H2,1H3/t10?,11?,12-/m0/s1. The van der Waals surface area contributed by atoms with Crippen LogP contribution in [-0.4, -0.2) is 66.7 Å². The minimum Gasteiger partial charge on any atom is -0.469 e. The van der Waals surface area contributed by atoms with Crippen LogP contribution in [0.3, 0.4) is 0 Å². The molecular formula is C17H21F3N4O4. The number of anilines is 2. The molecule has 2 unspecified atom stereocenters. The fourth-order valence-corrected chi connectivity index (χ4v) is 4.20. The van der Waals surface area contributed by atoms with Gasteiger partial charge in [0.2, 0.25) is 5.95 Å². The van der Waals surface area contributed by atoms with E-state index in [0.717, 1.165) is 11.3 Å². The van der Waals surface area contributed by atoms with Gasteiger partial charge in [-0.05, 0) is 12.8 Å². The molecule has 3 aliphatic heterocycles. The lowest BCUT2D eigenvalue weighted by atomic mass is 10.1. The number of aromatic nitrogens is 2. The van der Waals surface area contributed by atoms with E-state index in [0.29, 0.717) is 19.0 Å². The van der Waals surface area contributed by atoms with Gasteiger partial charge in [0.25, 0.3) is 5.56 Å². The first kappa shape index (κ1) is 19.0. The molecule has 4 rings (SSSR count). The number of fused-ring (bicyclic) bond motifs is 3. The molecule has 3 aliphatic rings. The second-order valence-electron chi connectivity index (χ2n) is 7.27. The average Bonchev–Trinajstić information content (AvgIpc) is 3.28. The molecule has 0 aliphatic carbocycles. The van der Waals surface area contributed by atoms with E-state index >= 15 is 0 Å². The highest BCUT2D eigenvalue weighted by Gasteiger charge is 2.47. The third-order valence-electron chi connectivity index (χ3n) is 5.59. The van der Waals surface area contributed by atoms with Gasteiger partial charge >= 0.3 is 12.1 Å². The van der Waals surface area contributed by atoms with Crippen LogP contribution in [-0.2, 0) is 20.8 Å². The van der Waals surface area contributed by atoms with Gasteiger partial charge in [-0.25, -0.2) is 0 Å². The summed E-state index contributed by atoms with van der Waals surface area (Å²) < 4.78 is 52.2. The molecule has 2 bridgehead atoms. The van der Waals surface area contributed by atoms with Gasteiger partial charge in [0, 0.05) is 25.7 Å². The zero-order chi connectivity index (χ0) is 20.1. The fourth-order valence-electron chi connectivity index (χ4n) is 4.20. The Morgan fingerprint density at radius 3 is 2.82 bits per heavy atom. The van der Waals surface area contributed by atoms with E-state index in [1.165, 1.54) is 17.7 Å². The van der Waals surface area contributed by atoms with Gasteiger partial charge in [0.05, 0.1) is 32.3 Å². The minimum absolute atomic E-state index is 0.0522. The number of ether oxygens (including phenoxy) is 2. The van der Waals surface area contributed by atoms with Gasteiger partial charge in [-0.15, -0.1) is 0 Å². The Morgan fingerprint density at radius 1 is 1.43 bits per heavy atom. The number of morpholine rings is 1. The van der Waals surface area contributed by atoms with Crippen molar-refractivity contribution in [1.82, 2.24) is 9.55 Å². The van der Waals surface area contributed by atoms with Gasteiger partial charge in [-0.3, -0.25) is 14.2 Å². The van der Waals surface area contributed by atoms with E-state index < -0.39 is 23.7 Å². The molecule has 2 saturated heterocycles. The number of nitrogens with zero attached hydrogens (tertiary/aromatic N) is 4. The Labute approximate surface area is 158 Å². The van der Waals surface area contributed by atoms with Crippen LogP contribution in [0, 0.1) is 0 Å². The summed E-state index contributed by atoms with van der Waals surface area (Å²) >= 11 is 0. The summed E-state index contributed by atoms with van der Waals surface area (Å²) in [5, 5.41) is 0. The molecule has 154 valence electrons. The van der Waals surface area contributed by atoms with E-state index in [2.05, 4.69) is 9.72 Å². The van der Waals surface area contributed by atoms with Crippen LogP contribution < -0.4 is 15.4 Å². The SMILES string of the molecule is COC(=O)CCN1c2nc(N3CC4CC3CO4)cc(=O)n2CC[C@H]1C(F)(F)F. The summed E-state index contributed by atoms with van der Waals surface area (Å²) in [7, 11) is 1.18. The molecule has 0 radical (unpaired) electrons. The lowest BCUT2D eigenvalue weighted by molar-refractivity contribution is -0.154. The van der Waals surface area contributed by atoms with Crippen molar-refractivity contribution < 1.29 is 27.4 Å². The van der Waals surface area contributed by atoms with E-state index in [4.69, 9.17) is 4.74 Å². The van der Waals surface area contributed by atoms with Crippen LogP contribution in [0.2, 0.25) is 0 Å². The smallest absolute Gasteiger partial charge is 0.408 e. The Kier molecular flexibility index (Phi) is 4.72. The van der Waals surface area contributed by atoms with Gasteiger partial charge in [-0.1, -0.05) is 0 Å². The molecule has 0 aromatic carbocycles. The third-order valence-corrected chi connectivity index (χ3v) is 5.59. The number of esters is 1. The number of rotatable bonds is 4. The second kappa shape index (κ2) is 6.94. The molecular weight excluding hydrogens is 381 g/mol. The van der Waals surface area contributed by atoms with Crippen molar-refractivity contribution in [3.8, 4) is 0 Å². The molecule has 1 aromatic rings. The predicted octanol–water partition coefficient (Wildman–Crippen LogP) is 0.925. The molecule has 1 aromatic heterocycles. The van der Waals surface area contributed by atoms with Crippen molar-refractivity contribution in [3.05, 3.63) is 16.4 Å². The molecule has 0 saturated carbocycles. The predicted molar refractivity (Wildman–Crippen MR) is 92.4 cm³/mol. The molecule has 2 fully saturated rings. The first-order valence-electron chi connectivity index (χ1n) is 9.18. The summed E-state index contributed by atoms with van der Waals surface area (Å²) in [4.78, 5) is 31.5. The van der Waals surface area contributed by atoms with Gasteiger partial charge in [-0.2, -0.15) is 18.2 Å². The number of hydrogen-bond acceptors (Lipinski definition) is 7. The monoisotopic (exact) mass is 402 g/mol. The van der Waals surface area contributed by atoms with Crippen LogP contribution in [0.25, 0.3) is 0 Å². The summed E-state index contributed by atoms with van der Waals surface area (Å²) in [5.41, 5.74) is -0.396. The van der Waals surface area contributed by atoms with Gasteiger partial charge in [0.1, 0.15) is 11.9 Å². The largest absolute Gasteiger partial charge is 0.469 e. The zero-order valence-corrected chi connectivity index (χ0v) is 15.3. The summed E-state index contributed by atoms with van der Waals surface area (Å²) in [5.74, 6) is -0.313. The highest BCUT2D eigenvalue weighted by molar-refractivity contribution is 5.70. The lowest BCUT2D eigenvalue weighted by Gasteiger charge is -2.39. The number of methoxy groups -OCH3 is 1. The Morgan fingerprint density at radius 2 is 2.21 bits per heavy atom. The van der Waals surface area contributed by atoms with Crippen LogP contribution in [0.1, 0.15) is 19.3 Å². The maximum atomic E-state index is 13.6. The van der Waals surface area contributed by atoms with Gasteiger partial charge in [0.15, 0.2) is 0 Å². The van der Waals surface area contributed by atoms with E-state index in [9.17, 15) is 22.8 Å². The van der Waals surface area contributed by atoms with Crippen molar-refractivity contribution in [2.75, 3.05) is 36.6 Å². The van der Waals surface area contributed by atoms with Crippen LogP contribution in [0.4, 0.5) is 24.9 Å². The van der Waals surface area contributed by atoms with Gasteiger partial charge < -0.3 is 19.3 Å². The van der Waals surface area contributed by atoms with Crippen molar-refractivity contribution in [2.45, 2.75) is 50.2 Å². The maximum absolute atomic E-state index is 13.6. The molecule has 3 atom stereocenters. The Bertz CT molecular complexity index is 828. The zero-order valence-electron chi connectivity index (χ0n) is 15.3. The molecule has 28 heavy (non-hydrogen) atoms. The lowest BCUT2D eigenvalue weighted by Crippen LogP contribution is -2.53. The van der Waals surface area contributed by atoms with Crippen LogP contribution >= 0.6 is 0 Å². The van der Waals surface area contributed by atoms with Crippen molar-refractivity contribution in [1.29, 1.82) is 0 Å². The molecule has 4 heterocycles. The van der Waals surface area contributed by atoms with Crippen molar-refractivity contribution >= 4 is 17.7 Å². The molecule has 8 nitrogen and oxygen atoms in total. The first-order valence-corrected chi connectivity index (χ1v) is 9.18. The summed E-state index contributed by atoms with van der Waals surface area (Å²) in [6.07, 6.45) is -4.14. The number of carbonyl (C=O) groups excluding carboxylic acids is 1. The topological polar surface area (TPSA) is 76.9 Å². The Hall–Kier alpha value is -2.30. The molecule has 11 heteroatoms. The average molecular weight is 402 g/mol. The molecule has 0 amide bonds. The number of carbonyl (C=O) groups is 1. The highest BCUT2D eigenvalue weighted by atomic mass is 19.4. The van der Waals surface area contributed by atoms with Crippen molar-refractivity contribution in [2.24, 2.45) is 0 Å². The number of hydrogen-bond donors (Lipinski definition) is 0. The Balaban J connectivity index is 1.71. The van der Waals surface area contributed by atoms with Crippen LogP contribution in [0.5, 0.6) is 0 Å². The summed E-state index contributed by atoms with van der Waals surface area (Å²) in [6, 6.07) is -0.362. The third kappa shape index (κ3) is 3.31. The normalized spacial score (nSPS) is 26.5. The first-order chi connectivity index (χ1) is 13.3. The van der Waals surface area contributed by atoms with E-state index in [1.54, 1.807) is 0 Å². The maximum Gasteiger partial charge on any atom is 0.408 e. The van der Waals surface area contributed by atoms with Crippen LogP contribution in [0.15, 0.2) is 10.9 Å². The number of alkyl halides is 3. The summed E-state index contributed by atoms with van der Waals surface area (Å²) in [6.45, 7) is 0.769. The van der Waals surface area contributed by atoms with E-state index in [-0.39, 0.29) is 44.0 Å². The fraction of sp³-hybridized carbons (Fsp3) is 0.706. The number of halogens is 3. The minimum atomic E-state index is -4.50.